The fraction of sp³-hybridized carbons (Fsp3) is 0.500. The fourth-order valence-corrected chi connectivity index (χ4v) is 8.03. The molecule has 4 aliphatic rings. The number of cyclic esters (lactones) is 1. The standard InChI is InChI=1S/C26H29ClN2O5S/c1-16(15-30)29-22-24(32)28(18-10-6-5-9-17(18)27)13-8-12-26(22)21(23(29)31)20-19(35-26)11-4-2-3-7-14-34-25(20)33/h4-6,8-12,16,19-22,30H,2-3,7,13-15H2,1H3/b11-4-/t16-,19-,20+,21+,22?,26+/m1/s1. The Bertz CT molecular complexity index is 1090. The first-order valence-corrected chi connectivity index (χ1v) is 13.3. The van der Waals surface area contributed by atoms with Crippen LogP contribution in [0.1, 0.15) is 26.2 Å². The van der Waals surface area contributed by atoms with E-state index in [-0.39, 0.29) is 23.7 Å². The van der Waals surface area contributed by atoms with Crippen LogP contribution in [0.2, 0.25) is 5.02 Å². The van der Waals surface area contributed by atoms with Crippen LogP contribution >= 0.6 is 23.4 Å². The van der Waals surface area contributed by atoms with Crippen molar-refractivity contribution in [2.45, 2.75) is 48.3 Å². The van der Waals surface area contributed by atoms with Gasteiger partial charge in [0.05, 0.1) is 46.5 Å². The molecule has 0 aliphatic carbocycles. The van der Waals surface area contributed by atoms with Crippen molar-refractivity contribution in [2.24, 2.45) is 11.8 Å². The molecule has 6 atom stereocenters. The number of thioether (sulfide) groups is 1. The Morgan fingerprint density at radius 1 is 1.20 bits per heavy atom. The van der Waals surface area contributed by atoms with Gasteiger partial charge in [-0.2, -0.15) is 0 Å². The van der Waals surface area contributed by atoms with Crippen molar-refractivity contribution >= 4 is 46.8 Å². The van der Waals surface area contributed by atoms with E-state index < -0.39 is 34.6 Å². The summed E-state index contributed by atoms with van der Waals surface area (Å²) in [7, 11) is 0. The Morgan fingerprint density at radius 2 is 2.00 bits per heavy atom. The number of halogens is 1. The normalized spacial score (nSPS) is 34.5. The summed E-state index contributed by atoms with van der Waals surface area (Å²) in [5.74, 6) is -2.43. The molecule has 0 bridgehead atoms. The number of hydrogen-bond donors (Lipinski definition) is 1. The van der Waals surface area contributed by atoms with Crippen molar-refractivity contribution in [1.82, 2.24) is 4.90 Å². The summed E-state index contributed by atoms with van der Waals surface area (Å²) in [5.41, 5.74) is 0.565. The van der Waals surface area contributed by atoms with Gasteiger partial charge in [-0.05, 0) is 38.3 Å². The van der Waals surface area contributed by atoms with Crippen LogP contribution in [-0.2, 0) is 19.1 Å². The van der Waals surface area contributed by atoms with Gasteiger partial charge >= 0.3 is 5.97 Å². The third kappa shape index (κ3) is 3.90. The average Bonchev–Trinajstić information content (AvgIpc) is 3.24. The number of aliphatic hydroxyl groups excluding tert-OH is 1. The van der Waals surface area contributed by atoms with E-state index in [9.17, 15) is 19.5 Å². The molecular weight excluding hydrogens is 488 g/mol. The second-order valence-corrected chi connectivity index (χ2v) is 11.4. The largest absolute Gasteiger partial charge is 0.465 e. The second kappa shape index (κ2) is 9.64. The van der Waals surface area contributed by atoms with E-state index in [1.165, 1.54) is 16.7 Å². The van der Waals surface area contributed by atoms with Crippen molar-refractivity contribution in [2.75, 3.05) is 24.7 Å². The molecule has 2 fully saturated rings. The van der Waals surface area contributed by atoms with Gasteiger partial charge in [0.25, 0.3) is 5.91 Å². The zero-order valence-corrected chi connectivity index (χ0v) is 21.1. The molecule has 0 saturated carbocycles. The van der Waals surface area contributed by atoms with Gasteiger partial charge in [0.15, 0.2) is 0 Å². The van der Waals surface area contributed by atoms with Crippen molar-refractivity contribution in [3.05, 3.63) is 53.6 Å². The van der Waals surface area contributed by atoms with Gasteiger partial charge in [-0.3, -0.25) is 14.4 Å². The lowest BCUT2D eigenvalue weighted by Crippen LogP contribution is -2.56. The van der Waals surface area contributed by atoms with E-state index in [2.05, 4.69) is 6.08 Å². The van der Waals surface area contributed by atoms with Gasteiger partial charge in [0, 0.05) is 11.8 Å². The number of likely N-dealkylation sites (tertiary alicyclic amines) is 1. The van der Waals surface area contributed by atoms with Gasteiger partial charge in [-0.1, -0.05) is 48.0 Å². The molecule has 4 aliphatic heterocycles. The number of carbonyl (C=O) groups excluding carboxylic acids is 3. The second-order valence-electron chi connectivity index (χ2n) is 9.51. The third-order valence-electron chi connectivity index (χ3n) is 7.42. The smallest absolute Gasteiger partial charge is 0.311 e. The summed E-state index contributed by atoms with van der Waals surface area (Å²) < 4.78 is 4.65. The number of aliphatic hydroxyl groups is 1. The summed E-state index contributed by atoms with van der Waals surface area (Å²) >= 11 is 7.95. The summed E-state index contributed by atoms with van der Waals surface area (Å²) in [5, 5.41) is 10.2. The van der Waals surface area contributed by atoms with Crippen LogP contribution in [0.15, 0.2) is 48.6 Å². The van der Waals surface area contributed by atoms with Crippen LogP contribution < -0.4 is 4.90 Å². The number of rotatable bonds is 3. The molecule has 7 nitrogen and oxygen atoms in total. The van der Waals surface area contributed by atoms with Gasteiger partial charge in [-0.25, -0.2) is 0 Å². The summed E-state index contributed by atoms with van der Waals surface area (Å²) in [6, 6.07) is 5.64. The molecule has 0 radical (unpaired) electrons. The van der Waals surface area contributed by atoms with Gasteiger partial charge < -0.3 is 19.6 Å². The molecule has 1 spiro atoms. The maximum absolute atomic E-state index is 14.2. The first-order chi connectivity index (χ1) is 16.9. The molecule has 2 amide bonds. The molecule has 1 N–H and O–H groups in total. The van der Waals surface area contributed by atoms with Gasteiger partial charge in [0.2, 0.25) is 5.91 Å². The topological polar surface area (TPSA) is 87.2 Å². The molecule has 5 rings (SSSR count). The Hall–Kier alpha value is -2.29. The minimum Gasteiger partial charge on any atom is -0.465 e. The molecule has 35 heavy (non-hydrogen) atoms. The number of hydrogen-bond acceptors (Lipinski definition) is 6. The predicted molar refractivity (Wildman–Crippen MR) is 135 cm³/mol. The number of benzene rings is 1. The summed E-state index contributed by atoms with van der Waals surface area (Å²) in [6.45, 7) is 2.04. The molecule has 2 saturated heterocycles. The lowest BCUT2D eigenvalue weighted by atomic mass is 9.78. The molecule has 1 aromatic rings. The maximum Gasteiger partial charge on any atom is 0.311 e. The highest BCUT2D eigenvalue weighted by molar-refractivity contribution is 8.02. The van der Waals surface area contributed by atoms with Crippen LogP contribution in [0.25, 0.3) is 0 Å². The van der Waals surface area contributed by atoms with Crippen molar-refractivity contribution in [1.29, 1.82) is 0 Å². The SMILES string of the molecule is C[C@H](CO)N1C(=O)[C@@H]2[C@H]3C(=O)OCCCC/C=C\[C@H]3S[C@@]23C=CCN(c2ccccc2Cl)C(=O)C13. The number of nitrogens with zero attached hydrogens (tertiary/aromatic N) is 2. The van der Waals surface area contributed by atoms with Crippen molar-refractivity contribution in [3.63, 3.8) is 0 Å². The molecule has 4 heterocycles. The Kier molecular flexibility index (Phi) is 6.72. The maximum atomic E-state index is 14.2. The zero-order valence-electron chi connectivity index (χ0n) is 19.5. The number of allylic oxidation sites excluding steroid dienone is 1. The monoisotopic (exact) mass is 516 g/mol. The highest BCUT2D eigenvalue weighted by atomic mass is 35.5. The fourth-order valence-electron chi connectivity index (χ4n) is 5.81. The van der Waals surface area contributed by atoms with E-state index in [1.807, 2.05) is 24.3 Å². The van der Waals surface area contributed by atoms with Crippen LogP contribution in [0.4, 0.5) is 5.69 Å². The van der Waals surface area contributed by atoms with E-state index in [1.54, 1.807) is 30.0 Å². The number of ether oxygens (including phenoxy) is 1. The van der Waals surface area contributed by atoms with Gasteiger partial charge in [0.1, 0.15) is 6.04 Å². The first-order valence-electron chi connectivity index (χ1n) is 12.1. The van der Waals surface area contributed by atoms with Crippen molar-refractivity contribution in [3.8, 4) is 0 Å². The first kappa shape index (κ1) is 24.4. The Morgan fingerprint density at radius 3 is 2.77 bits per heavy atom. The lowest BCUT2D eigenvalue weighted by Gasteiger charge is -2.37. The summed E-state index contributed by atoms with van der Waals surface area (Å²) in [4.78, 5) is 44.6. The lowest BCUT2D eigenvalue weighted by molar-refractivity contribution is -0.153. The van der Waals surface area contributed by atoms with Crippen molar-refractivity contribution < 1.29 is 24.2 Å². The average molecular weight is 517 g/mol. The number of carbonyl (C=O) groups is 3. The number of fused-ring (bicyclic) bond motifs is 2. The molecule has 9 heteroatoms. The van der Waals surface area contributed by atoms with E-state index in [0.717, 1.165) is 19.3 Å². The number of esters is 1. The van der Waals surface area contributed by atoms with Gasteiger partial charge in [-0.15, -0.1) is 11.8 Å². The molecule has 186 valence electrons. The van der Waals surface area contributed by atoms with E-state index in [0.29, 0.717) is 23.9 Å². The molecule has 1 aromatic carbocycles. The number of para-hydroxylation sites is 1. The number of anilines is 1. The van der Waals surface area contributed by atoms with Crippen LogP contribution in [0.5, 0.6) is 0 Å². The predicted octanol–water partition coefficient (Wildman–Crippen LogP) is 3.20. The zero-order chi connectivity index (χ0) is 24.7. The minimum absolute atomic E-state index is 0.271. The quantitative estimate of drug-likeness (QED) is 0.490. The Balaban J connectivity index is 1.64. The van der Waals surface area contributed by atoms with E-state index >= 15 is 0 Å². The minimum atomic E-state index is -0.958. The van der Waals surface area contributed by atoms with Crippen LogP contribution in [-0.4, -0.2) is 69.6 Å². The molecule has 0 aromatic heterocycles. The highest BCUT2D eigenvalue weighted by Crippen LogP contribution is 2.61. The molecular formula is C26H29ClN2O5S. The summed E-state index contributed by atoms with van der Waals surface area (Å²) in [6.07, 6.45) is 10.5. The third-order valence-corrected chi connectivity index (χ3v) is 9.49. The highest BCUT2D eigenvalue weighted by Gasteiger charge is 2.71. The van der Waals surface area contributed by atoms with Crippen LogP contribution in [0, 0.1) is 11.8 Å². The molecule has 1 unspecified atom stereocenters. The Labute approximate surface area is 214 Å². The number of amides is 2. The van der Waals surface area contributed by atoms with E-state index in [4.69, 9.17) is 16.3 Å². The van der Waals surface area contributed by atoms with Crippen LogP contribution in [0.3, 0.4) is 0 Å².